The van der Waals surface area contributed by atoms with Crippen molar-refractivity contribution in [2.45, 2.75) is 6.54 Å². The third-order valence-corrected chi connectivity index (χ3v) is 5.01. The smallest absolute Gasteiger partial charge is 0.256 e. The van der Waals surface area contributed by atoms with Crippen molar-refractivity contribution in [2.75, 3.05) is 6.54 Å². The van der Waals surface area contributed by atoms with E-state index in [1.165, 1.54) is 16.9 Å². The minimum absolute atomic E-state index is 0.192. The molecule has 0 radical (unpaired) electrons. The third kappa shape index (κ3) is 4.85. The van der Waals surface area contributed by atoms with E-state index in [9.17, 15) is 18.8 Å². The number of primary amides is 1. The Morgan fingerprint density at radius 1 is 0.912 bits per heavy atom. The van der Waals surface area contributed by atoms with Crippen molar-refractivity contribution in [1.29, 1.82) is 0 Å². The van der Waals surface area contributed by atoms with Crippen LogP contribution in [0, 0.1) is 5.82 Å². The number of amides is 3. The van der Waals surface area contributed by atoms with Gasteiger partial charge in [-0.25, -0.2) is 9.07 Å². The Bertz CT molecular complexity index is 1330. The highest BCUT2D eigenvalue weighted by atomic mass is 19.1. The number of benzene rings is 2. The zero-order chi connectivity index (χ0) is 24.1. The lowest BCUT2D eigenvalue weighted by Gasteiger charge is -2.12. The van der Waals surface area contributed by atoms with E-state index in [2.05, 4.69) is 15.7 Å². The monoisotopic (exact) mass is 460 g/mol. The molecule has 2 aromatic heterocycles. The summed E-state index contributed by atoms with van der Waals surface area (Å²) in [6.45, 7) is -0.0566. The van der Waals surface area contributed by atoms with Gasteiger partial charge in [0.15, 0.2) is 5.82 Å². The van der Waals surface area contributed by atoms with Crippen molar-refractivity contribution >= 4 is 17.7 Å². The first-order valence-corrected chi connectivity index (χ1v) is 10.3. The van der Waals surface area contributed by atoms with Gasteiger partial charge in [-0.05, 0) is 42.0 Å². The van der Waals surface area contributed by atoms with Crippen LogP contribution in [-0.4, -0.2) is 38.6 Å². The first kappa shape index (κ1) is 22.5. The topological polar surface area (TPSA) is 124 Å². The van der Waals surface area contributed by atoms with Crippen LogP contribution in [0.15, 0.2) is 79.3 Å². The predicted octanol–water partition coefficient (Wildman–Crippen LogP) is 1.95. The number of hydrogen-bond acceptors (Lipinski definition) is 4. The van der Waals surface area contributed by atoms with E-state index in [0.29, 0.717) is 11.4 Å². The quantitative estimate of drug-likeness (QED) is 0.372. The lowest BCUT2D eigenvalue weighted by molar-refractivity contribution is -0.117. The molecule has 4 rings (SSSR count). The lowest BCUT2D eigenvalue weighted by atomic mass is 10.1. The zero-order valence-corrected chi connectivity index (χ0v) is 17.9. The third-order valence-electron chi connectivity index (χ3n) is 5.01. The van der Waals surface area contributed by atoms with Gasteiger partial charge >= 0.3 is 0 Å². The van der Waals surface area contributed by atoms with Crippen LogP contribution in [0.5, 0.6) is 0 Å². The van der Waals surface area contributed by atoms with E-state index < -0.39 is 23.5 Å². The largest absolute Gasteiger partial charge is 0.368 e. The van der Waals surface area contributed by atoms with Crippen LogP contribution >= 0.6 is 0 Å². The minimum Gasteiger partial charge on any atom is -0.368 e. The van der Waals surface area contributed by atoms with Crippen molar-refractivity contribution < 1.29 is 18.8 Å². The molecule has 172 valence electrons. The number of halogens is 1. The molecule has 0 atom stereocenters. The number of hydrogen-bond donors (Lipinski definition) is 3. The Kier molecular flexibility index (Phi) is 6.49. The molecule has 2 heterocycles. The SMILES string of the molecule is NC(=O)CNC(=O)c1ccc(CNC(=O)c2cnn(-c3ccccc3F)c2-n2cccc2)cc1. The van der Waals surface area contributed by atoms with E-state index in [1.807, 2.05) is 0 Å². The van der Waals surface area contributed by atoms with Gasteiger partial charge in [-0.3, -0.25) is 14.4 Å². The second kappa shape index (κ2) is 9.82. The number of nitrogens with one attached hydrogen (secondary N) is 2. The molecule has 0 saturated heterocycles. The molecule has 0 saturated carbocycles. The molecular formula is C24H21FN6O3. The molecule has 0 fully saturated rings. The highest BCUT2D eigenvalue weighted by molar-refractivity contribution is 5.97. The van der Waals surface area contributed by atoms with Crippen LogP contribution in [0.2, 0.25) is 0 Å². The first-order valence-electron chi connectivity index (χ1n) is 10.3. The highest BCUT2D eigenvalue weighted by Crippen LogP contribution is 2.21. The standard InChI is InChI=1S/C24H21FN6O3/c25-19-5-1-2-6-20(19)31-24(30-11-3-4-12-30)18(14-29-31)23(34)27-13-16-7-9-17(10-8-16)22(33)28-15-21(26)32/h1-12,14H,13,15H2,(H2,26,32)(H,27,34)(H,28,33). The molecular weight excluding hydrogens is 439 g/mol. The second-order valence-electron chi connectivity index (χ2n) is 7.36. The van der Waals surface area contributed by atoms with Crippen molar-refractivity contribution in [3.8, 4) is 11.5 Å². The molecule has 4 aromatic rings. The molecule has 0 unspecified atom stereocenters. The summed E-state index contributed by atoms with van der Waals surface area (Å²) in [5, 5.41) is 9.49. The van der Waals surface area contributed by atoms with Crippen molar-refractivity contribution in [3.05, 3.63) is 102 Å². The maximum Gasteiger partial charge on any atom is 0.256 e. The van der Waals surface area contributed by atoms with Gasteiger partial charge in [0.1, 0.15) is 17.1 Å². The van der Waals surface area contributed by atoms with Gasteiger partial charge in [0, 0.05) is 24.5 Å². The fraction of sp³-hybridized carbons (Fsp3) is 0.0833. The Hall–Kier alpha value is -4.73. The predicted molar refractivity (Wildman–Crippen MR) is 122 cm³/mol. The molecule has 2 aromatic carbocycles. The highest BCUT2D eigenvalue weighted by Gasteiger charge is 2.21. The van der Waals surface area contributed by atoms with E-state index in [0.717, 1.165) is 5.56 Å². The number of nitrogens with zero attached hydrogens (tertiary/aromatic N) is 3. The summed E-state index contributed by atoms with van der Waals surface area (Å²) in [6, 6.07) is 16.3. The van der Waals surface area contributed by atoms with Gasteiger partial charge in [0.2, 0.25) is 5.91 Å². The number of para-hydroxylation sites is 1. The Morgan fingerprint density at radius 2 is 1.62 bits per heavy atom. The average Bonchev–Trinajstić information content (AvgIpc) is 3.51. The Morgan fingerprint density at radius 3 is 2.29 bits per heavy atom. The van der Waals surface area contributed by atoms with E-state index >= 15 is 0 Å². The number of rotatable bonds is 8. The average molecular weight is 460 g/mol. The summed E-state index contributed by atoms with van der Waals surface area (Å²) >= 11 is 0. The number of nitrogens with two attached hydrogens (primary N) is 1. The summed E-state index contributed by atoms with van der Waals surface area (Å²) in [6.07, 6.45) is 4.88. The Balaban J connectivity index is 1.51. The normalized spacial score (nSPS) is 10.6. The van der Waals surface area contributed by atoms with Crippen molar-refractivity contribution in [2.24, 2.45) is 5.73 Å². The molecule has 10 heteroatoms. The van der Waals surface area contributed by atoms with E-state index in [-0.39, 0.29) is 24.3 Å². The van der Waals surface area contributed by atoms with Crippen LogP contribution in [-0.2, 0) is 11.3 Å². The van der Waals surface area contributed by atoms with Crippen LogP contribution in [0.25, 0.3) is 11.5 Å². The van der Waals surface area contributed by atoms with Crippen LogP contribution in [0.1, 0.15) is 26.3 Å². The molecule has 0 bridgehead atoms. The first-order chi connectivity index (χ1) is 16.4. The van der Waals surface area contributed by atoms with Crippen LogP contribution in [0.4, 0.5) is 4.39 Å². The van der Waals surface area contributed by atoms with Gasteiger partial charge in [-0.2, -0.15) is 5.10 Å². The summed E-state index contributed by atoms with van der Waals surface area (Å²) < 4.78 is 17.5. The summed E-state index contributed by atoms with van der Waals surface area (Å²) in [4.78, 5) is 35.8. The maximum absolute atomic E-state index is 14.4. The fourth-order valence-electron chi connectivity index (χ4n) is 3.35. The molecule has 0 spiro atoms. The molecule has 9 nitrogen and oxygen atoms in total. The van der Waals surface area contributed by atoms with Gasteiger partial charge in [-0.1, -0.05) is 24.3 Å². The summed E-state index contributed by atoms with van der Waals surface area (Å²) in [5.74, 6) is -1.52. The zero-order valence-electron chi connectivity index (χ0n) is 17.9. The molecule has 0 aliphatic heterocycles. The Labute approximate surface area is 194 Å². The molecule has 4 N–H and O–H groups in total. The summed E-state index contributed by atoms with van der Waals surface area (Å²) in [5.41, 5.74) is 6.62. The molecule has 3 amide bonds. The molecule has 0 aliphatic carbocycles. The van der Waals surface area contributed by atoms with E-state index in [4.69, 9.17) is 5.73 Å². The summed E-state index contributed by atoms with van der Waals surface area (Å²) in [7, 11) is 0. The van der Waals surface area contributed by atoms with Crippen LogP contribution in [0.3, 0.4) is 0 Å². The van der Waals surface area contributed by atoms with Gasteiger partial charge in [0.25, 0.3) is 11.8 Å². The number of carbonyl (C=O) groups is 3. The van der Waals surface area contributed by atoms with Crippen LogP contribution < -0.4 is 16.4 Å². The molecule has 34 heavy (non-hydrogen) atoms. The van der Waals surface area contributed by atoms with Crippen molar-refractivity contribution in [3.63, 3.8) is 0 Å². The fourth-order valence-corrected chi connectivity index (χ4v) is 3.35. The maximum atomic E-state index is 14.4. The van der Waals surface area contributed by atoms with Gasteiger partial charge in [-0.15, -0.1) is 0 Å². The second-order valence-corrected chi connectivity index (χ2v) is 7.36. The van der Waals surface area contributed by atoms with Gasteiger partial charge in [0.05, 0.1) is 12.7 Å². The van der Waals surface area contributed by atoms with Crippen molar-refractivity contribution in [1.82, 2.24) is 25.0 Å². The number of carbonyl (C=O) groups excluding carboxylic acids is 3. The molecule has 0 aliphatic rings. The van der Waals surface area contributed by atoms with E-state index in [1.54, 1.807) is 71.6 Å². The number of aromatic nitrogens is 3. The van der Waals surface area contributed by atoms with Gasteiger partial charge < -0.3 is 20.9 Å². The lowest BCUT2D eigenvalue weighted by Crippen LogP contribution is -2.33. The minimum atomic E-state index is -0.634.